The zero-order valence-corrected chi connectivity index (χ0v) is 6.67. The molecule has 11 heavy (non-hydrogen) atoms. The molecule has 0 aliphatic carbocycles. The van der Waals surface area contributed by atoms with E-state index in [1.54, 1.807) is 0 Å². The summed E-state index contributed by atoms with van der Waals surface area (Å²) in [6.45, 7) is 3.47. The van der Waals surface area contributed by atoms with Gasteiger partial charge in [0.25, 0.3) is 0 Å². The second kappa shape index (κ2) is 3.57. The van der Waals surface area contributed by atoms with Gasteiger partial charge >= 0.3 is 6.03 Å². The van der Waals surface area contributed by atoms with Crippen LogP contribution >= 0.6 is 0 Å². The number of ether oxygens (including phenoxy) is 1. The Morgan fingerprint density at radius 1 is 1.73 bits per heavy atom. The maximum Gasteiger partial charge on any atom is 0.312 e. The number of primary amides is 1. The Kier molecular flexibility index (Phi) is 2.70. The number of amides is 2. The highest BCUT2D eigenvalue weighted by atomic mass is 16.5. The fraction of sp³-hybridized carbons (Fsp3) is 0.857. The third-order valence-electron chi connectivity index (χ3n) is 1.97. The lowest BCUT2D eigenvalue weighted by Gasteiger charge is -2.28. The van der Waals surface area contributed by atoms with Crippen LogP contribution in [0.1, 0.15) is 13.3 Å². The van der Waals surface area contributed by atoms with Crippen LogP contribution in [-0.4, -0.2) is 25.3 Å². The van der Waals surface area contributed by atoms with Crippen LogP contribution in [0.3, 0.4) is 0 Å². The Morgan fingerprint density at radius 3 is 3.00 bits per heavy atom. The normalized spacial score (nSPS) is 31.4. The number of carbonyl (C=O) groups excluding carboxylic acids is 1. The lowest BCUT2D eigenvalue weighted by molar-refractivity contribution is 0.0422. The number of nitrogens with two attached hydrogens (primary N) is 1. The predicted octanol–water partition coefficient (Wildman–Crippen LogP) is 0.0797. The van der Waals surface area contributed by atoms with Crippen LogP contribution in [0.2, 0.25) is 0 Å². The number of nitrogens with one attached hydrogen (secondary N) is 1. The van der Waals surface area contributed by atoms with E-state index in [1.807, 2.05) is 6.92 Å². The van der Waals surface area contributed by atoms with Gasteiger partial charge in [0.1, 0.15) is 0 Å². The number of carbonyl (C=O) groups is 1. The molecule has 0 saturated carbocycles. The van der Waals surface area contributed by atoms with Gasteiger partial charge < -0.3 is 15.8 Å². The molecule has 0 spiro atoms. The van der Waals surface area contributed by atoms with Crippen LogP contribution in [0.25, 0.3) is 0 Å². The van der Waals surface area contributed by atoms with Gasteiger partial charge in [0.2, 0.25) is 0 Å². The van der Waals surface area contributed by atoms with Crippen molar-refractivity contribution in [3.05, 3.63) is 0 Å². The molecule has 64 valence electrons. The quantitative estimate of drug-likeness (QED) is 0.567. The Balaban J connectivity index is 2.35. The van der Waals surface area contributed by atoms with Crippen molar-refractivity contribution >= 4 is 6.03 Å². The minimum Gasteiger partial charge on any atom is -0.381 e. The minimum absolute atomic E-state index is 0.196. The number of hydrogen-bond donors (Lipinski definition) is 2. The fourth-order valence-corrected chi connectivity index (χ4v) is 1.28. The first kappa shape index (κ1) is 8.33. The summed E-state index contributed by atoms with van der Waals surface area (Å²) in [6.07, 6.45) is 0.865. The first-order valence-corrected chi connectivity index (χ1v) is 3.84. The van der Waals surface area contributed by atoms with E-state index in [0.29, 0.717) is 12.5 Å². The minimum atomic E-state index is -0.441. The first-order valence-electron chi connectivity index (χ1n) is 3.84. The third-order valence-corrected chi connectivity index (χ3v) is 1.97. The number of urea groups is 1. The molecule has 1 fully saturated rings. The molecule has 1 saturated heterocycles. The Morgan fingerprint density at radius 2 is 2.45 bits per heavy atom. The summed E-state index contributed by atoms with van der Waals surface area (Å²) >= 11 is 0. The molecule has 0 aromatic heterocycles. The van der Waals surface area contributed by atoms with Gasteiger partial charge in [-0.15, -0.1) is 0 Å². The molecule has 1 rings (SSSR count). The summed E-state index contributed by atoms with van der Waals surface area (Å²) < 4.78 is 5.20. The van der Waals surface area contributed by atoms with E-state index in [-0.39, 0.29) is 6.04 Å². The highest BCUT2D eigenvalue weighted by molar-refractivity contribution is 5.71. The van der Waals surface area contributed by atoms with Gasteiger partial charge in [-0.3, -0.25) is 0 Å². The zero-order valence-electron chi connectivity index (χ0n) is 6.67. The molecule has 1 heterocycles. The first-order chi connectivity index (χ1) is 5.20. The van der Waals surface area contributed by atoms with Crippen LogP contribution in [0.5, 0.6) is 0 Å². The van der Waals surface area contributed by atoms with Crippen molar-refractivity contribution in [3.8, 4) is 0 Å². The van der Waals surface area contributed by atoms with Crippen LogP contribution in [0, 0.1) is 5.92 Å². The molecule has 0 aromatic rings. The van der Waals surface area contributed by atoms with Crippen molar-refractivity contribution in [2.75, 3.05) is 13.2 Å². The molecule has 4 nitrogen and oxygen atoms in total. The SMILES string of the molecule is CC1COCCC1NC(N)=O. The van der Waals surface area contributed by atoms with Crippen molar-refractivity contribution in [1.29, 1.82) is 0 Å². The van der Waals surface area contributed by atoms with Gasteiger partial charge in [-0.25, -0.2) is 4.79 Å². The molecule has 2 unspecified atom stereocenters. The van der Waals surface area contributed by atoms with E-state index in [9.17, 15) is 4.79 Å². The van der Waals surface area contributed by atoms with E-state index in [4.69, 9.17) is 10.5 Å². The number of rotatable bonds is 1. The summed E-state index contributed by atoms with van der Waals surface area (Å²) in [4.78, 5) is 10.5. The topological polar surface area (TPSA) is 64.3 Å². The highest BCUT2D eigenvalue weighted by Gasteiger charge is 2.22. The molecule has 0 aromatic carbocycles. The Labute approximate surface area is 66.1 Å². The molecule has 2 amide bonds. The van der Waals surface area contributed by atoms with Gasteiger partial charge in [0.05, 0.1) is 6.61 Å². The maximum absolute atomic E-state index is 10.5. The van der Waals surface area contributed by atoms with E-state index in [2.05, 4.69) is 5.32 Å². The molecular formula is C7H14N2O2. The van der Waals surface area contributed by atoms with Crippen molar-refractivity contribution in [2.45, 2.75) is 19.4 Å². The predicted molar refractivity (Wildman–Crippen MR) is 41.1 cm³/mol. The Hall–Kier alpha value is -0.770. The zero-order chi connectivity index (χ0) is 8.27. The molecule has 4 heteroatoms. The maximum atomic E-state index is 10.5. The molecule has 0 bridgehead atoms. The summed E-state index contributed by atoms with van der Waals surface area (Å²) in [5.41, 5.74) is 4.99. The standard InChI is InChI=1S/C7H14N2O2/c1-5-4-11-3-2-6(5)9-7(8)10/h5-6H,2-4H2,1H3,(H3,8,9,10). The summed E-state index contributed by atoms with van der Waals surface area (Å²) in [5, 5.41) is 2.69. The molecule has 2 atom stereocenters. The van der Waals surface area contributed by atoms with Crippen molar-refractivity contribution < 1.29 is 9.53 Å². The van der Waals surface area contributed by atoms with Crippen LogP contribution in [0.4, 0.5) is 4.79 Å². The van der Waals surface area contributed by atoms with Gasteiger partial charge in [0, 0.05) is 12.6 Å². The van der Waals surface area contributed by atoms with Gasteiger partial charge in [-0.2, -0.15) is 0 Å². The van der Waals surface area contributed by atoms with E-state index in [0.717, 1.165) is 13.0 Å². The molecule has 1 aliphatic heterocycles. The summed E-state index contributed by atoms with van der Waals surface area (Å²) in [7, 11) is 0. The second-order valence-corrected chi connectivity index (χ2v) is 2.96. The fourth-order valence-electron chi connectivity index (χ4n) is 1.28. The third kappa shape index (κ3) is 2.38. The van der Waals surface area contributed by atoms with Crippen LogP contribution in [-0.2, 0) is 4.74 Å². The second-order valence-electron chi connectivity index (χ2n) is 2.96. The summed E-state index contributed by atoms with van der Waals surface area (Å²) in [6, 6.07) is -0.245. The van der Waals surface area contributed by atoms with Gasteiger partial charge in [-0.05, 0) is 12.3 Å². The monoisotopic (exact) mass is 158 g/mol. The highest BCUT2D eigenvalue weighted by Crippen LogP contribution is 2.13. The molecule has 0 radical (unpaired) electrons. The van der Waals surface area contributed by atoms with Crippen LogP contribution in [0.15, 0.2) is 0 Å². The van der Waals surface area contributed by atoms with E-state index in [1.165, 1.54) is 0 Å². The summed E-state index contributed by atoms with van der Waals surface area (Å²) in [5.74, 6) is 0.372. The lowest BCUT2D eigenvalue weighted by Crippen LogP contribution is -2.46. The molecule has 1 aliphatic rings. The number of hydrogen-bond acceptors (Lipinski definition) is 2. The lowest BCUT2D eigenvalue weighted by atomic mass is 9.98. The van der Waals surface area contributed by atoms with Gasteiger partial charge in [0.15, 0.2) is 0 Å². The Bertz CT molecular complexity index is 149. The largest absolute Gasteiger partial charge is 0.381 e. The smallest absolute Gasteiger partial charge is 0.312 e. The average Bonchev–Trinajstić information content (AvgIpc) is 1.93. The van der Waals surface area contributed by atoms with Crippen LogP contribution < -0.4 is 11.1 Å². The van der Waals surface area contributed by atoms with Crippen molar-refractivity contribution in [3.63, 3.8) is 0 Å². The van der Waals surface area contributed by atoms with Crippen molar-refractivity contribution in [1.82, 2.24) is 5.32 Å². The van der Waals surface area contributed by atoms with Gasteiger partial charge in [-0.1, -0.05) is 6.92 Å². The van der Waals surface area contributed by atoms with Crippen molar-refractivity contribution in [2.24, 2.45) is 11.7 Å². The molecule has 3 N–H and O–H groups in total. The van der Waals surface area contributed by atoms with E-state index < -0.39 is 6.03 Å². The molecular weight excluding hydrogens is 144 g/mol. The van der Waals surface area contributed by atoms with E-state index >= 15 is 0 Å². The average molecular weight is 158 g/mol.